The van der Waals surface area contributed by atoms with Crippen LogP contribution in [0.15, 0.2) is 42.5 Å². The van der Waals surface area contributed by atoms with E-state index in [4.69, 9.17) is 11.2 Å². The van der Waals surface area contributed by atoms with Gasteiger partial charge in [-0.25, -0.2) is 4.79 Å². The molecular formula is C27H33N3O5. The van der Waals surface area contributed by atoms with Gasteiger partial charge < -0.3 is 20.5 Å². The Balaban J connectivity index is 2.45. The largest absolute Gasteiger partial charge is 0.444 e. The maximum atomic E-state index is 13.6. The van der Waals surface area contributed by atoms with Crippen molar-refractivity contribution in [2.45, 2.75) is 59.2 Å². The molecule has 186 valence electrons. The molecule has 0 spiro atoms. The van der Waals surface area contributed by atoms with Crippen LogP contribution < -0.4 is 10.6 Å². The third-order valence-electron chi connectivity index (χ3n) is 5.14. The molecule has 0 bridgehead atoms. The van der Waals surface area contributed by atoms with Gasteiger partial charge in [-0.05, 0) is 58.2 Å². The first-order chi connectivity index (χ1) is 16.4. The summed E-state index contributed by atoms with van der Waals surface area (Å²) in [4.78, 5) is 40.1. The summed E-state index contributed by atoms with van der Waals surface area (Å²) in [5, 5.41) is 15.1. The van der Waals surface area contributed by atoms with Crippen LogP contribution in [0.3, 0.4) is 0 Å². The summed E-state index contributed by atoms with van der Waals surface area (Å²) in [6.07, 6.45) is 4.82. The molecule has 2 unspecified atom stereocenters. The van der Waals surface area contributed by atoms with Gasteiger partial charge in [0.1, 0.15) is 17.7 Å². The van der Waals surface area contributed by atoms with E-state index in [1.165, 1.54) is 0 Å². The molecule has 0 heterocycles. The zero-order valence-corrected chi connectivity index (χ0v) is 21.0. The smallest absolute Gasteiger partial charge is 0.408 e. The van der Waals surface area contributed by atoms with Crippen molar-refractivity contribution in [2.24, 2.45) is 0 Å². The fourth-order valence-corrected chi connectivity index (χ4v) is 3.53. The van der Waals surface area contributed by atoms with Gasteiger partial charge in [0, 0.05) is 11.7 Å². The molecule has 2 aromatic rings. The van der Waals surface area contributed by atoms with Crippen LogP contribution in [-0.4, -0.2) is 46.2 Å². The number of aliphatic hydroxyl groups excluding tert-OH is 1. The van der Waals surface area contributed by atoms with Gasteiger partial charge in [-0.1, -0.05) is 54.5 Å². The number of anilines is 1. The van der Waals surface area contributed by atoms with E-state index in [2.05, 4.69) is 16.7 Å². The second kappa shape index (κ2) is 11.5. The molecule has 0 saturated carbocycles. The molecule has 0 aliphatic heterocycles. The van der Waals surface area contributed by atoms with Crippen molar-refractivity contribution in [2.75, 3.05) is 11.9 Å². The first-order valence-electron chi connectivity index (χ1n) is 11.2. The standard InChI is InChI=1S/C27H33N3O5/c1-8-30(25(33)21(16-31)28-26(34)35-27(5,6)7)23(20-14-9-11-17(2)15-20)24(32)29-22-18(3)12-10-13-19(22)4/h1,9-15,21,23,31H,16H2,2-7H3,(H,28,34)(H,29,32). The van der Waals surface area contributed by atoms with E-state index in [1.54, 1.807) is 39.0 Å². The number of alkyl carbamates (subject to hydrolysis) is 1. The molecule has 0 aromatic heterocycles. The van der Waals surface area contributed by atoms with E-state index >= 15 is 0 Å². The number of ether oxygens (including phenoxy) is 1. The number of carbonyl (C=O) groups is 3. The molecule has 8 nitrogen and oxygen atoms in total. The van der Waals surface area contributed by atoms with Crippen molar-refractivity contribution in [3.8, 4) is 12.5 Å². The van der Waals surface area contributed by atoms with Crippen LogP contribution in [0.5, 0.6) is 0 Å². The van der Waals surface area contributed by atoms with Crippen molar-refractivity contribution < 1.29 is 24.2 Å². The summed E-state index contributed by atoms with van der Waals surface area (Å²) in [5.41, 5.74) is 2.84. The number of rotatable bonds is 7. The third kappa shape index (κ3) is 7.33. The predicted molar refractivity (Wildman–Crippen MR) is 134 cm³/mol. The Morgan fingerprint density at radius 1 is 1.09 bits per heavy atom. The van der Waals surface area contributed by atoms with E-state index in [0.717, 1.165) is 21.6 Å². The number of carbonyl (C=O) groups excluding carboxylic acids is 3. The SMILES string of the molecule is C#CN(C(=O)C(CO)NC(=O)OC(C)(C)C)C(C(=O)Nc1c(C)cccc1C)c1cccc(C)c1. The van der Waals surface area contributed by atoms with E-state index < -0.39 is 42.2 Å². The number of benzene rings is 2. The molecule has 0 fully saturated rings. The average Bonchev–Trinajstić information content (AvgIpc) is 2.76. The lowest BCUT2D eigenvalue weighted by atomic mass is 10.0. The first-order valence-corrected chi connectivity index (χ1v) is 11.2. The molecule has 0 aliphatic rings. The number of amides is 3. The molecular weight excluding hydrogens is 446 g/mol. The minimum Gasteiger partial charge on any atom is -0.444 e. The maximum Gasteiger partial charge on any atom is 0.408 e. The van der Waals surface area contributed by atoms with Gasteiger partial charge in [0.15, 0.2) is 0 Å². The summed E-state index contributed by atoms with van der Waals surface area (Å²) in [6, 6.07) is 12.3. The van der Waals surface area contributed by atoms with Gasteiger partial charge in [0.25, 0.3) is 11.8 Å². The van der Waals surface area contributed by atoms with Crippen LogP contribution >= 0.6 is 0 Å². The van der Waals surface area contributed by atoms with Crippen LogP contribution in [0.25, 0.3) is 0 Å². The van der Waals surface area contributed by atoms with Crippen LogP contribution in [0.2, 0.25) is 0 Å². The van der Waals surface area contributed by atoms with Crippen LogP contribution in [0, 0.1) is 33.2 Å². The number of nitrogens with one attached hydrogen (secondary N) is 2. The molecule has 0 saturated heterocycles. The number of nitrogens with zero attached hydrogens (tertiary/aromatic N) is 1. The molecule has 2 atom stereocenters. The lowest BCUT2D eigenvalue weighted by molar-refractivity contribution is -0.137. The Kier molecular flexibility index (Phi) is 9.04. The summed E-state index contributed by atoms with van der Waals surface area (Å²) in [6.45, 7) is 9.84. The predicted octanol–water partition coefficient (Wildman–Crippen LogP) is 3.60. The van der Waals surface area contributed by atoms with Crippen LogP contribution in [-0.2, 0) is 14.3 Å². The minimum absolute atomic E-state index is 0.481. The van der Waals surface area contributed by atoms with Crippen molar-refractivity contribution in [1.29, 1.82) is 0 Å². The number of para-hydroxylation sites is 1. The molecule has 35 heavy (non-hydrogen) atoms. The third-order valence-corrected chi connectivity index (χ3v) is 5.14. The molecule has 2 aromatic carbocycles. The topological polar surface area (TPSA) is 108 Å². The summed E-state index contributed by atoms with van der Waals surface area (Å²) in [7, 11) is 0. The van der Waals surface area contributed by atoms with Crippen molar-refractivity contribution in [3.63, 3.8) is 0 Å². The number of hydrogen-bond donors (Lipinski definition) is 3. The Hall–Kier alpha value is -3.83. The van der Waals surface area contributed by atoms with Crippen LogP contribution in [0.1, 0.15) is 49.1 Å². The maximum absolute atomic E-state index is 13.6. The van der Waals surface area contributed by atoms with Crippen LogP contribution in [0.4, 0.5) is 10.5 Å². The molecule has 8 heteroatoms. The second-order valence-electron chi connectivity index (χ2n) is 9.29. The lowest BCUT2D eigenvalue weighted by Crippen LogP contribution is -2.52. The van der Waals surface area contributed by atoms with Crippen molar-refractivity contribution in [1.82, 2.24) is 10.2 Å². The second-order valence-corrected chi connectivity index (χ2v) is 9.29. The zero-order chi connectivity index (χ0) is 26.3. The van der Waals surface area contributed by atoms with E-state index in [1.807, 2.05) is 45.0 Å². The Bertz CT molecular complexity index is 1110. The molecule has 3 N–H and O–H groups in total. The Morgan fingerprint density at radius 2 is 1.69 bits per heavy atom. The van der Waals surface area contributed by atoms with E-state index in [-0.39, 0.29) is 0 Å². The molecule has 3 amide bonds. The number of hydrogen-bond acceptors (Lipinski definition) is 5. The minimum atomic E-state index is -1.42. The van der Waals surface area contributed by atoms with Gasteiger partial charge in [0.05, 0.1) is 6.61 Å². The van der Waals surface area contributed by atoms with Crippen molar-refractivity contribution in [3.05, 3.63) is 64.7 Å². The molecule has 0 aliphatic carbocycles. The van der Waals surface area contributed by atoms with Gasteiger partial charge in [-0.3, -0.25) is 14.5 Å². The quantitative estimate of drug-likeness (QED) is 0.415. The summed E-state index contributed by atoms with van der Waals surface area (Å²) >= 11 is 0. The Labute approximate surface area is 206 Å². The summed E-state index contributed by atoms with van der Waals surface area (Å²) < 4.78 is 5.18. The zero-order valence-electron chi connectivity index (χ0n) is 21.0. The summed E-state index contributed by atoms with van der Waals surface area (Å²) in [5.74, 6) is -1.36. The fraction of sp³-hybridized carbons (Fsp3) is 0.370. The van der Waals surface area contributed by atoms with Gasteiger partial charge in [0.2, 0.25) is 0 Å². The monoisotopic (exact) mass is 479 g/mol. The van der Waals surface area contributed by atoms with E-state index in [0.29, 0.717) is 11.3 Å². The highest BCUT2D eigenvalue weighted by Gasteiger charge is 2.36. The first kappa shape index (κ1) is 27.4. The normalized spacial score (nSPS) is 12.6. The number of aliphatic hydroxyl groups is 1. The average molecular weight is 480 g/mol. The van der Waals surface area contributed by atoms with Gasteiger partial charge >= 0.3 is 6.09 Å². The van der Waals surface area contributed by atoms with Crippen molar-refractivity contribution >= 4 is 23.6 Å². The number of terminal acetylenes is 1. The molecule has 2 rings (SSSR count). The highest BCUT2D eigenvalue weighted by Crippen LogP contribution is 2.27. The van der Waals surface area contributed by atoms with Gasteiger partial charge in [-0.15, -0.1) is 0 Å². The fourth-order valence-electron chi connectivity index (χ4n) is 3.53. The highest BCUT2D eigenvalue weighted by atomic mass is 16.6. The molecule has 0 radical (unpaired) electrons. The lowest BCUT2D eigenvalue weighted by Gasteiger charge is -2.30. The number of aryl methyl sites for hydroxylation is 3. The Morgan fingerprint density at radius 3 is 2.20 bits per heavy atom. The van der Waals surface area contributed by atoms with E-state index in [9.17, 15) is 19.5 Å². The highest BCUT2D eigenvalue weighted by molar-refractivity contribution is 6.00. The van der Waals surface area contributed by atoms with Gasteiger partial charge in [-0.2, -0.15) is 0 Å².